The van der Waals surface area contributed by atoms with Crippen molar-refractivity contribution in [1.29, 1.82) is 0 Å². The number of halogens is 1. The van der Waals surface area contributed by atoms with Crippen LogP contribution in [0.2, 0.25) is 0 Å². The molecule has 1 amide bonds. The molecule has 0 radical (unpaired) electrons. The Labute approximate surface area is 125 Å². The number of ether oxygens (including phenoxy) is 1. The van der Waals surface area contributed by atoms with Crippen molar-refractivity contribution in [2.45, 2.75) is 52.1 Å². The molecule has 1 aromatic carbocycles. The summed E-state index contributed by atoms with van der Waals surface area (Å²) in [7, 11) is 0. The minimum absolute atomic E-state index is 0.0578. The van der Waals surface area contributed by atoms with Gasteiger partial charge in [0.2, 0.25) is 0 Å². The van der Waals surface area contributed by atoms with Crippen LogP contribution in [0.3, 0.4) is 0 Å². The zero-order valence-electron chi connectivity index (χ0n) is 13.2. The lowest BCUT2D eigenvalue weighted by molar-refractivity contribution is -0.124. The molecule has 0 bridgehead atoms. The van der Waals surface area contributed by atoms with Crippen molar-refractivity contribution in [1.82, 2.24) is 5.32 Å². The highest BCUT2D eigenvalue weighted by Gasteiger charge is 2.17. The Kier molecular flexibility index (Phi) is 6.15. The molecule has 1 rings (SSSR count). The number of nitrogens with one attached hydrogen (secondary N) is 1. The Morgan fingerprint density at radius 1 is 1.43 bits per heavy atom. The van der Waals surface area contributed by atoms with Crippen LogP contribution in [-0.4, -0.2) is 24.1 Å². The summed E-state index contributed by atoms with van der Waals surface area (Å²) in [5.74, 6) is -0.638. The van der Waals surface area contributed by atoms with Gasteiger partial charge in [0.15, 0.2) is 18.2 Å². The highest BCUT2D eigenvalue weighted by Crippen LogP contribution is 2.24. The van der Waals surface area contributed by atoms with E-state index in [9.17, 15) is 9.18 Å². The third-order valence-corrected chi connectivity index (χ3v) is 2.92. The van der Waals surface area contributed by atoms with E-state index < -0.39 is 5.82 Å². The standard InChI is InChI=1S/C16H25FN2O2/c1-5-12(18)9-11-7-6-8-13(17)15(11)21-10-14(20)19-16(2,3)4/h6-8,12H,5,9-10,18H2,1-4H3,(H,19,20). The summed E-state index contributed by atoms with van der Waals surface area (Å²) in [6.07, 6.45) is 1.31. The van der Waals surface area contributed by atoms with E-state index in [1.54, 1.807) is 12.1 Å². The normalized spacial score (nSPS) is 12.9. The quantitative estimate of drug-likeness (QED) is 0.847. The fraction of sp³-hybridized carbons (Fsp3) is 0.562. The first-order chi connectivity index (χ1) is 9.73. The zero-order chi connectivity index (χ0) is 16.0. The maximum atomic E-state index is 13.9. The maximum absolute atomic E-state index is 13.9. The van der Waals surface area contributed by atoms with Gasteiger partial charge in [0.1, 0.15) is 0 Å². The van der Waals surface area contributed by atoms with Gasteiger partial charge in [-0.15, -0.1) is 0 Å². The molecular formula is C16H25FN2O2. The van der Waals surface area contributed by atoms with Crippen LogP contribution < -0.4 is 15.8 Å². The number of nitrogens with two attached hydrogens (primary N) is 1. The van der Waals surface area contributed by atoms with Crippen LogP contribution in [0.4, 0.5) is 4.39 Å². The van der Waals surface area contributed by atoms with Crippen molar-refractivity contribution in [3.05, 3.63) is 29.6 Å². The van der Waals surface area contributed by atoms with Crippen LogP contribution >= 0.6 is 0 Å². The second kappa shape index (κ2) is 7.41. The summed E-state index contributed by atoms with van der Waals surface area (Å²) >= 11 is 0. The van der Waals surface area contributed by atoms with Gasteiger partial charge in [-0.1, -0.05) is 19.1 Å². The van der Waals surface area contributed by atoms with Gasteiger partial charge in [-0.05, 0) is 45.2 Å². The second-order valence-electron chi connectivity index (χ2n) is 6.19. The Hall–Kier alpha value is -1.62. The number of amides is 1. The monoisotopic (exact) mass is 296 g/mol. The van der Waals surface area contributed by atoms with E-state index in [-0.39, 0.29) is 29.8 Å². The molecule has 1 atom stereocenters. The maximum Gasteiger partial charge on any atom is 0.258 e. The number of benzene rings is 1. The molecule has 0 aromatic heterocycles. The molecule has 4 nitrogen and oxygen atoms in total. The molecule has 0 fully saturated rings. The first kappa shape index (κ1) is 17.4. The Morgan fingerprint density at radius 2 is 2.10 bits per heavy atom. The minimum atomic E-state index is -0.473. The van der Waals surface area contributed by atoms with Crippen LogP contribution in [0, 0.1) is 5.82 Å². The highest BCUT2D eigenvalue weighted by molar-refractivity contribution is 5.78. The fourth-order valence-corrected chi connectivity index (χ4v) is 1.89. The molecule has 118 valence electrons. The van der Waals surface area contributed by atoms with Crippen LogP contribution in [0.15, 0.2) is 18.2 Å². The topological polar surface area (TPSA) is 64.3 Å². The Bertz CT molecular complexity index is 484. The van der Waals surface area contributed by atoms with Crippen molar-refractivity contribution in [3.63, 3.8) is 0 Å². The SMILES string of the molecule is CCC(N)Cc1cccc(F)c1OCC(=O)NC(C)(C)C. The molecule has 0 heterocycles. The Morgan fingerprint density at radius 3 is 2.67 bits per heavy atom. The first-order valence-electron chi connectivity index (χ1n) is 7.19. The lowest BCUT2D eigenvalue weighted by atomic mass is 10.0. The summed E-state index contributed by atoms with van der Waals surface area (Å²) in [5, 5.41) is 2.77. The molecule has 0 aliphatic heterocycles. The van der Waals surface area contributed by atoms with E-state index in [1.807, 2.05) is 27.7 Å². The van der Waals surface area contributed by atoms with E-state index in [2.05, 4.69) is 5.32 Å². The van der Waals surface area contributed by atoms with Crippen LogP contribution in [0.1, 0.15) is 39.7 Å². The lowest BCUT2D eigenvalue weighted by Crippen LogP contribution is -2.43. The van der Waals surface area contributed by atoms with Gasteiger partial charge in [-0.3, -0.25) is 4.79 Å². The number of hydrogen-bond acceptors (Lipinski definition) is 3. The molecule has 1 unspecified atom stereocenters. The third kappa shape index (κ3) is 6.12. The molecule has 0 saturated carbocycles. The van der Waals surface area contributed by atoms with Gasteiger partial charge in [-0.2, -0.15) is 0 Å². The molecule has 0 saturated heterocycles. The average molecular weight is 296 g/mol. The van der Waals surface area contributed by atoms with Gasteiger partial charge in [0.05, 0.1) is 0 Å². The summed E-state index contributed by atoms with van der Waals surface area (Å²) in [5.41, 5.74) is 6.25. The molecule has 21 heavy (non-hydrogen) atoms. The van der Waals surface area contributed by atoms with Crippen molar-refractivity contribution >= 4 is 5.91 Å². The largest absolute Gasteiger partial charge is 0.480 e. The third-order valence-electron chi connectivity index (χ3n) is 2.92. The summed E-state index contributed by atoms with van der Waals surface area (Å²) in [4.78, 5) is 11.7. The highest BCUT2D eigenvalue weighted by atomic mass is 19.1. The van der Waals surface area contributed by atoms with Crippen LogP contribution in [-0.2, 0) is 11.2 Å². The predicted molar refractivity (Wildman–Crippen MR) is 81.8 cm³/mol. The average Bonchev–Trinajstić information content (AvgIpc) is 2.35. The zero-order valence-corrected chi connectivity index (χ0v) is 13.2. The van der Waals surface area contributed by atoms with Crippen molar-refractivity contribution < 1.29 is 13.9 Å². The fourth-order valence-electron chi connectivity index (χ4n) is 1.89. The second-order valence-corrected chi connectivity index (χ2v) is 6.19. The van der Waals surface area contributed by atoms with Gasteiger partial charge in [0.25, 0.3) is 5.91 Å². The summed E-state index contributed by atoms with van der Waals surface area (Å²) in [6.45, 7) is 7.38. The van der Waals surface area contributed by atoms with Crippen molar-refractivity contribution in [2.24, 2.45) is 5.73 Å². The van der Waals surface area contributed by atoms with Crippen LogP contribution in [0.25, 0.3) is 0 Å². The summed E-state index contributed by atoms with van der Waals surface area (Å²) in [6, 6.07) is 4.65. The van der Waals surface area contributed by atoms with E-state index in [4.69, 9.17) is 10.5 Å². The molecule has 1 aromatic rings. The van der Waals surface area contributed by atoms with E-state index in [1.165, 1.54) is 6.07 Å². The van der Waals surface area contributed by atoms with Gasteiger partial charge >= 0.3 is 0 Å². The molecule has 0 spiro atoms. The summed E-state index contributed by atoms with van der Waals surface area (Å²) < 4.78 is 19.3. The minimum Gasteiger partial charge on any atom is -0.480 e. The van der Waals surface area contributed by atoms with Gasteiger partial charge in [-0.25, -0.2) is 4.39 Å². The van der Waals surface area contributed by atoms with Crippen molar-refractivity contribution in [2.75, 3.05) is 6.61 Å². The van der Waals surface area contributed by atoms with E-state index >= 15 is 0 Å². The van der Waals surface area contributed by atoms with E-state index in [0.29, 0.717) is 12.0 Å². The number of para-hydroxylation sites is 1. The van der Waals surface area contributed by atoms with Crippen LogP contribution in [0.5, 0.6) is 5.75 Å². The predicted octanol–water partition coefficient (Wildman–Crippen LogP) is 2.40. The number of rotatable bonds is 6. The van der Waals surface area contributed by atoms with Crippen molar-refractivity contribution in [3.8, 4) is 5.75 Å². The molecule has 0 aliphatic carbocycles. The number of carbonyl (C=O) groups excluding carboxylic acids is 1. The first-order valence-corrected chi connectivity index (χ1v) is 7.19. The molecule has 0 aliphatic rings. The van der Waals surface area contributed by atoms with Gasteiger partial charge in [0, 0.05) is 11.6 Å². The molecule has 5 heteroatoms. The van der Waals surface area contributed by atoms with E-state index in [0.717, 1.165) is 6.42 Å². The molecule has 3 N–H and O–H groups in total. The van der Waals surface area contributed by atoms with Gasteiger partial charge < -0.3 is 15.8 Å². The number of carbonyl (C=O) groups is 1. The Balaban J connectivity index is 2.76. The smallest absolute Gasteiger partial charge is 0.258 e. The molecular weight excluding hydrogens is 271 g/mol. The number of hydrogen-bond donors (Lipinski definition) is 2. The lowest BCUT2D eigenvalue weighted by Gasteiger charge is -2.21.